The third kappa shape index (κ3) is 3.58. The standard InChI is InChI=1S/C15H10ClFO4/c1-20-14(18)9-2-5-11(6-3-9)21-15(19)12-7-4-10(17)8-13(12)16/h2-8H,1H3. The van der Waals surface area contributed by atoms with E-state index in [4.69, 9.17) is 16.3 Å². The Morgan fingerprint density at radius 3 is 2.29 bits per heavy atom. The van der Waals surface area contributed by atoms with E-state index in [1.54, 1.807) is 0 Å². The third-order valence-electron chi connectivity index (χ3n) is 2.64. The predicted octanol–water partition coefficient (Wildman–Crippen LogP) is 3.48. The molecule has 6 heteroatoms. The molecule has 0 bridgehead atoms. The molecular formula is C15H10ClFO4. The molecule has 21 heavy (non-hydrogen) atoms. The summed E-state index contributed by atoms with van der Waals surface area (Å²) in [6, 6.07) is 9.19. The van der Waals surface area contributed by atoms with E-state index >= 15 is 0 Å². The van der Waals surface area contributed by atoms with Crippen LogP contribution in [-0.4, -0.2) is 19.0 Å². The van der Waals surface area contributed by atoms with E-state index in [2.05, 4.69) is 4.74 Å². The predicted molar refractivity (Wildman–Crippen MR) is 74.2 cm³/mol. The van der Waals surface area contributed by atoms with Gasteiger partial charge in [0.25, 0.3) is 0 Å². The molecule has 108 valence electrons. The number of esters is 2. The zero-order chi connectivity index (χ0) is 15.4. The molecule has 2 aromatic carbocycles. The normalized spacial score (nSPS) is 10.0. The van der Waals surface area contributed by atoms with E-state index in [-0.39, 0.29) is 16.3 Å². The van der Waals surface area contributed by atoms with Gasteiger partial charge in [0.05, 0.1) is 23.3 Å². The first-order valence-corrected chi connectivity index (χ1v) is 6.24. The van der Waals surface area contributed by atoms with Crippen molar-refractivity contribution in [2.24, 2.45) is 0 Å². The fraction of sp³-hybridized carbons (Fsp3) is 0.0667. The van der Waals surface area contributed by atoms with E-state index in [0.717, 1.165) is 12.1 Å². The summed E-state index contributed by atoms with van der Waals surface area (Å²) in [7, 11) is 1.27. The number of carbonyl (C=O) groups is 2. The van der Waals surface area contributed by atoms with Crippen molar-refractivity contribution in [3.63, 3.8) is 0 Å². The Labute approximate surface area is 125 Å². The van der Waals surface area contributed by atoms with Crippen LogP contribution >= 0.6 is 11.6 Å². The van der Waals surface area contributed by atoms with Crippen LogP contribution < -0.4 is 4.74 Å². The van der Waals surface area contributed by atoms with Crippen LogP contribution in [0.4, 0.5) is 4.39 Å². The van der Waals surface area contributed by atoms with Gasteiger partial charge in [0, 0.05) is 0 Å². The van der Waals surface area contributed by atoms with Crippen molar-refractivity contribution in [1.29, 1.82) is 0 Å². The first-order valence-electron chi connectivity index (χ1n) is 5.87. The average molecular weight is 309 g/mol. The van der Waals surface area contributed by atoms with Crippen molar-refractivity contribution >= 4 is 23.5 Å². The molecule has 2 rings (SSSR count). The molecule has 0 saturated heterocycles. The molecule has 0 amide bonds. The molecule has 0 aliphatic heterocycles. The van der Waals surface area contributed by atoms with Crippen molar-refractivity contribution in [2.45, 2.75) is 0 Å². The Balaban J connectivity index is 2.14. The zero-order valence-electron chi connectivity index (χ0n) is 10.9. The lowest BCUT2D eigenvalue weighted by molar-refractivity contribution is 0.0600. The maximum Gasteiger partial charge on any atom is 0.345 e. The smallest absolute Gasteiger partial charge is 0.345 e. The van der Waals surface area contributed by atoms with Gasteiger partial charge in [-0.3, -0.25) is 0 Å². The fourth-order valence-electron chi connectivity index (χ4n) is 1.59. The summed E-state index contributed by atoms with van der Waals surface area (Å²) in [4.78, 5) is 23.2. The lowest BCUT2D eigenvalue weighted by Gasteiger charge is -2.06. The minimum atomic E-state index is -0.717. The number of ether oxygens (including phenoxy) is 2. The second kappa shape index (κ2) is 6.37. The van der Waals surface area contributed by atoms with Crippen molar-refractivity contribution in [2.75, 3.05) is 7.11 Å². The van der Waals surface area contributed by atoms with Gasteiger partial charge in [0.15, 0.2) is 0 Å². The SMILES string of the molecule is COC(=O)c1ccc(OC(=O)c2ccc(F)cc2Cl)cc1. The monoisotopic (exact) mass is 308 g/mol. The molecule has 0 heterocycles. The Morgan fingerprint density at radius 2 is 1.71 bits per heavy atom. The molecule has 0 fully saturated rings. The number of rotatable bonds is 3. The molecule has 0 N–H and O–H groups in total. The number of methoxy groups -OCH3 is 1. The van der Waals surface area contributed by atoms with Gasteiger partial charge in [-0.2, -0.15) is 0 Å². The van der Waals surface area contributed by atoms with Gasteiger partial charge in [-0.15, -0.1) is 0 Å². The number of hydrogen-bond donors (Lipinski definition) is 0. The highest BCUT2D eigenvalue weighted by Crippen LogP contribution is 2.20. The van der Waals surface area contributed by atoms with Crippen LogP contribution in [0.15, 0.2) is 42.5 Å². The number of halogens is 2. The van der Waals surface area contributed by atoms with Crippen LogP contribution in [-0.2, 0) is 4.74 Å². The summed E-state index contributed by atoms with van der Waals surface area (Å²) in [5, 5.41) is -0.0359. The summed E-state index contributed by atoms with van der Waals surface area (Å²) in [5.74, 6) is -1.52. The second-order valence-electron chi connectivity index (χ2n) is 4.03. The maximum absolute atomic E-state index is 12.9. The molecule has 0 radical (unpaired) electrons. The topological polar surface area (TPSA) is 52.6 Å². The van der Waals surface area contributed by atoms with Crippen LogP contribution in [0.1, 0.15) is 20.7 Å². The van der Waals surface area contributed by atoms with Crippen LogP contribution in [0.5, 0.6) is 5.75 Å². The van der Waals surface area contributed by atoms with Crippen LogP contribution in [0.3, 0.4) is 0 Å². The Bertz CT molecular complexity index is 683. The highest BCUT2D eigenvalue weighted by atomic mass is 35.5. The average Bonchev–Trinajstić information content (AvgIpc) is 2.47. The van der Waals surface area contributed by atoms with Crippen LogP contribution in [0, 0.1) is 5.82 Å². The van der Waals surface area contributed by atoms with E-state index in [1.165, 1.54) is 37.4 Å². The van der Waals surface area contributed by atoms with Crippen molar-refractivity contribution in [3.05, 3.63) is 64.4 Å². The molecule has 0 saturated carbocycles. The minimum Gasteiger partial charge on any atom is -0.465 e. The third-order valence-corrected chi connectivity index (χ3v) is 2.95. The molecular weight excluding hydrogens is 299 g/mol. The molecule has 4 nitrogen and oxygen atoms in total. The highest BCUT2D eigenvalue weighted by Gasteiger charge is 2.14. The second-order valence-corrected chi connectivity index (χ2v) is 4.44. The molecule has 0 spiro atoms. The molecule has 0 aromatic heterocycles. The summed E-state index contributed by atoms with van der Waals surface area (Å²) in [5.41, 5.74) is 0.382. The fourth-order valence-corrected chi connectivity index (χ4v) is 1.84. The Hall–Kier alpha value is -2.40. The van der Waals surface area contributed by atoms with Gasteiger partial charge < -0.3 is 9.47 Å². The van der Waals surface area contributed by atoms with Gasteiger partial charge in [-0.1, -0.05) is 11.6 Å². The largest absolute Gasteiger partial charge is 0.465 e. The van der Waals surface area contributed by atoms with Crippen molar-refractivity contribution in [3.8, 4) is 5.75 Å². The summed E-state index contributed by atoms with van der Waals surface area (Å²) >= 11 is 5.77. The maximum atomic E-state index is 12.9. The van der Waals surface area contributed by atoms with Crippen LogP contribution in [0.2, 0.25) is 5.02 Å². The lowest BCUT2D eigenvalue weighted by Crippen LogP contribution is -2.09. The summed E-state index contributed by atoms with van der Waals surface area (Å²) < 4.78 is 22.6. The highest BCUT2D eigenvalue weighted by molar-refractivity contribution is 6.33. The van der Waals surface area contributed by atoms with E-state index in [0.29, 0.717) is 5.56 Å². The van der Waals surface area contributed by atoms with E-state index < -0.39 is 17.8 Å². The first-order chi connectivity index (χ1) is 10.0. The molecule has 0 aliphatic carbocycles. The molecule has 0 unspecified atom stereocenters. The lowest BCUT2D eigenvalue weighted by atomic mass is 10.2. The molecule has 2 aromatic rings. The number of carbonyl (C=O) groups excluding carboxylic acids is 2. The Kier molecular flexibility index (Phi) is 4.55. The van der Waals surface area contributed by atoms with Crippen molar-refractivity contribution < 1.29 is 23.5 Å². The number of hydrogen-bond acceptors (Lipinski definition) is 4. The first kappa shape index (κ1) is 15.0. The Morgan fingerprint density at radius 1 is 1.05 bits per heavy atom. The zero-order valence-corrected chi connectivity index (χ0v) is 11.7. The van der Waals surface area contributed by atoms with Crippen molar-refractivity contribution in [1.82, 2.24) is 0 Å². The quantitative estimate of drug-likeness (QED) is 0.643. The van der Waals surface area contributed by atoms with Gasteiger partial charge >= 0.3 is 11.9 Å². The van der Waals surface area contributed by atoms with E-state index in [1.807, 2.05) is 0 Å². The van der Waals surface area contributed by atoms with Gasteiger partial charge in [0.1, 0.15) is 11.6 Å². The minimum absolute atomic E-state index is 0.0359. The van der Waals surface area contributed by atoms with Gasteiger partial charge in [-0.05, 0) is 42.5 Å². The van der Waals surface area contributed by atoms with Gasteiger partial charge in [-0.25, -0.2) is 14.0 Å². The molecule has 0 atom stereocenters. The summed E-state index contributed by atoms with van der Waals surface area (Å²) in [6.07, 6.45) is 0. The summed E-state index contributed by atoms with van der Waals surface area (Å²) in [6.45, 7) is 0. The van der Waals surface area contributed by atoms with Crippen LogP contribution in [0.25, 0.3) is 0 Å². The number of benzene rings is 2. The van der Waals surface area contributed by atoms with E-state index in [9.17, 15) is 14.0 Å². The molecule has 0 aliphatic rings. The van der Waals surface area contributed by atoms with Gasteiger partial charge in [0.2, 0.25) is 0 Å².